The van der Waals surface area contributed by atoms with Crippen LogP contribution in [0.2, 0.25) is 0 Å². The van der Waals surface area contributed by atoms with Crippen LogP contribution in [0.4, 0.5) is 0 Å². The van der Waals surface area contributed by atoms with E-state index >= 15 is 0 Å². The molecule has 1 aliphatic heterocycles. The number of benzene rings is 1. The molecule has 172 valence electrons. The Kier molecular flexibility index (Phi) is 7.37. The molecule has 0 bridgehead atoms. The number of hydrogen-bond donors (Lipinski definition) is 1. The van der Waals surface area contributed by atoms with Crippen LogP contribution < -0.4 is 5.32 Å². The third kappa shape index (κ3) is 6.18. The van der Waals surface area contributed by atoms with Gasteiger partial charge in [-0.25, -0.2) is 0 Å². The number of hydrogen-bond acceptors (Lipinski definition) is 3. The van der Waals surface area contributed by atoms with Gasteiger partial charge in [0.15, 0.2) is 0 Å². The van der Waals surface area contributed by atoms with Crippen LogP contribution in [0.5, 0.6) is 0 Å². The van der Waals surface area contributed by atoms with Crippen molar-refractivity contribution in [1.82, 2.24) is 15.2 Å². The molecule has 0 aliphatic carbocycles. The van der Waals surface area contributed by atoms with Crippen LogP contribution in [-0.4, -0.2) is 40.8 Å². The molecule has 2 amide bonds. The third-order valence-corrected chi connectivity index (χ3v) is 6.00. The average molecular weight is 436 g/mol. The fourth-order valence-corrected chi connectivity index (χ4v) is 4.53. The quantitative estimate of drug-likeness (QED) is 0.705. The molecule has 5 heteroatoms. The van der Waals surface area contributed by atoms with Crippen molar-refractivity contribution in [3.63, 3.8) is 0 Å². The Morgan fingerprint density at radius 1 is 1.12 bits per heavy atom. The van der Waals surface area contributed by atoms with Crippen LogP contribution in [0.25, 0.3) is 11.1 Å². The van der Waals surface area contributed by atoms with E-state index in [9.17, 15) is 9.59 Å². The number of likely N-dealkylation sites (tertiary alicyclic amines) is 1. The van der Waals surface area contributed by atoms with Gasteiger partial charge >= 0.3 is 0 Å². The summed E-state index contributed by atoms with van der Waals surface area (Å²) in [7, 11) is 0. The molecule has 2 aromatic rings. The highest BCUT2D eigenvalue weighted by atomic mass is 16.2. The van der Waals surface area contributed by atoms with Gasteiger partial charge in [-0.3, -0.25) is 14.6 Å². The summed E-state index contributed by atoms with van der Waals surface area (Å²) in [6, 6.07) is 12.4. The van der Waals surface area contributed by atoms with Crippen molar-refractivity contribution in [3.8, 4) is 11.1 Å². The summed E-state index contributed by atoms with van der Waals surface area (Å²) in [5, 5.41) is 3.14. The molecule has 1 N–H and O–H groups in total. The Morgan fingerprint density at radius 3 is 2.50 bits per heavy atom. The van der Waals surface area contributed by atoms with Crippen LogP contribution in [0, 0.1) is 10.8 Å². The van der Waals surface area contributed by atoms with E-state index in [0.29, 0.717) is 19.4 Å². The normalized spacial score (nSPS) is 19.1. The first kappa shape index (κ1) is 24.0. The van der Waals surface area contributed by atoms with Gasteiger partial charge in [0.25, 0.3) is 0 Å². The van der Waals surface area contributed by atoms with Crippen molar-refractivity contribution in [2.75, 3.05) is 13.1 Å². The highest BCUT2D eigenvalue weighted by Crippen LogP contribution is 2.36. The van der Waals surface area contributed by atoms with Crippen molar-refractivity contribution in [1.29, 1.82) is 0 Å². The second-order valence-electron chi connectivity index (χ2n) is 10.7. The SMILES string of the molecule is CC(C)NC(=O)C1(Cc2cccc(-c3ccncc3)c2)CCCN(C(=O)CC(C)(C)C)C1. The van der Waals surface area contributed by atoms with E-state index in [0.717, 1.165) is 36.1 Å². The lowest BCUT2D eigenvalue weighted by Crippen LogP contribution is -2.55. The van der Waals surface area contributed by atoms with E-state index in [1.165, 1.54) is 0 Å². The second kappa shape index (κ2) is 9.85. The number of pyridine rings is 1. The van der Waals surface area contributed by atoms with Crippen molar-refractivity contribution in [3.05, 3.63) is 54.4 Å². The first-order valence-electron chi connectivity index (χ1n) is 11.7. The molecule has 3 rings (SSSR count). The summed E-state index contributed by atoms with van der Waals surface area (Å²) in [4.78, 5) is 32.5. The van der Waals surface area contributed by atoms with E-state index in [2.05, 4.69) is 49.3 Å². The highest BCUT2D eigenvalue weighted by Gasteiger charge is 2.44. The topological polar surface area (TPSA) is 62.3 Å². The summed E-state index contributed by atoms with van der Waals surface area (Å²) in [5.41, 5.74) is 2.64. The summed E-state index contributed by atoms with van der Waals surface area (Å²) in [6.45, 7) is 11.4. The zero-order valence-corrected chi connectivity index (χ0v) is 20.1. The Morgan fingerprint density at radius 2 is 1.84 bits per heavy atom. The zero-order valence-electron chi connectivity index (χ0n) is 20.1. The minimum Gasteiger partial charge on any atom is -0.353 e. The lowest BCUT2D eigenvalue weighted by molar-refractivity contribution is -0.143. The Bertz CT molecular complexity index is 933. The van der Waals surface area contributed by atoms with Gasteiger partial charge in [0.2, 0.25) is 11.8 Å². The number of rotatable bonds is 6. The number of nitrogens with one attached hydrogen (secondary N) is 1. The summed E-state index contributed by atoms with van der Waals surface area (Å²) in [5.74, 6) is 0.194. The maximum absolute atomic E-state index is 13.5. The maximum atomic E-state index is 13.5. The molecular formula is C27H37N3O2. The molecule has 1 unspecified atom stereocenters. The smallest absolute Gasteiger partial charge is 0.228 e. The van der Waals surface area contributed by atoms with Gasteiger partial charge in [-0.1, -0.05) is 45.0 Å². The third-order valence-electron chi connectivity index (χ3n) is 6.00. The van der Waals surface area contributed by atoms with Gasteiger partial charge in [-0.05, 0) is 67.3 Å². The number of amides is 2. The first-order chi connectivity index (χ1) is 15.1. The van der Waals surface area contributed by atoms with E-state index in [4.69, 9.17) is 0 Å². The Balaban J connectivity index is 1.89. The molecule has 1 aromatic heterocycles. The Hall–Kier alpha value is -2.69. The first-order valence-corrected chi connectivity index (χ1v) is 11.7. The van der Waals surface area contributed by atoms with Crippen molar-refractivity contribution >= 4 is 11.8 Å². The predicted molar refractivity (Wildman–Crippen MR) is 129 cm³/mol. The maximum Gasteiger partial charge on any atom is 0.228 e. The van der Waals surface area contributed by atoms with Crippen LogP contribution >= 0.6 is 0 Å². The van der Waals surface area contributed by atoms with Gasteiger partial charge in [0, 0.05) is 37.9 Å². The molecule has 2 heterocycles. The van der Waals surface area contributed by atoms with Crippen LogP contribution in [-0.2, 0) is 16.0 Å². The van der Waals surface area contributed by atoms with E-state index in [1.807, 2.05) is 36.9 Å². The minimum absolute atomic E-state index is 0.0510. The lowest BCUT2D eigenvalue weighted by atomic mass is 9.73. The monoisotopic (exact) mass is 435 g/mol. The predicted octanol–water partition coefficient (Wildman–Crippen LogP) is 4.86. The van der Waals surface area contributed by atoms with Crippen LogP contribution in [0.15, 0.2) is 48.8 Å². The van der Waals surface area contributed by atoms with Crippen LogP contribution in [0.1, 0.15) is 59.4 Å². The fourth-order valence-electron chi connectivity index (χ4n) is 4.53. The van der Waals surface area contributed by atoms with Crippen molar-refractivity contribution in [2.24, 2.45) is 10.8 Å². The molecule has 32 heavy (non-hydrogen) atoms. The summed E-state index contributed by atoms with van der Waals surface area (Å²) < 4.78 is 0. The van der Waals surface area contributed by atoms with Gasteiger partial charge in [0.05, 0.1) is 5.41 Å². The Labute approximate surface area is 192 Å². The molecule has 1 atom stereocenters. The fraction of sp³-hybridized carbons (Fsp3) is 0.519. The zero-order chi connectivity index (χ0) is 23.4. The molecule has 5 nitrogen and oxygen atoms in total. The standard InChI is InChI=1S/C27H37N3O2/c1-20(2)29-25(32)27(12-7-15-30(19-27)24(31)18-26(3,4)5)17-21-8-6-9-23(16-21)22-10-13-28-14-11-22/h6,8-11,13-14,16,20H,7,12,15,17-19H2,1-5H3,(H,29,32). The number of carbonyl (C=O) groups excluding carboxylic acids is 2. The van der Waals surface area contributed by atoms with Crippen LogP contribution in [0.3, 0.4) is 0 Å². The number of nitrogens with zero attached hydrogens (tertiary/aromatic N) is 2. The van der Waals surface area contributed by atoms with E-state index in [1.54, 1.807) is 12.4 Å². The molecule has 1 fully saturated rings. The largest absolute Gasteiger partial charge is 0.353 e. The molecule has 0 radical (unpaired) electrons. The number of piperidine rings is 1. The molecule has 0 spiro atoms. The van der Waals surface area contributed by atoms with Gasteiger partial charge < -0.3 is 10.2 Å². The van der Waals surface area contributed by atoms with Gasteiger partial charge in [0.1, 0.15) is 0 Å². The van der Waals surface area contributed by atoms with Gasteiger partial charge in [-0.15, -0.1) is 0 Å². The number of carbonyl (C=O) groups is 2. The molecule has 0 saturated carbocycles. The van der Waals surface area contributed by atoms with E-state index < -0.39 is 5.41 Å². The number of aromatic nitrogens is 1. The van der Waals surface area contributed by atoms with Crippen molar-refractivity contribution < 1.29 is 9.59 Å². The van der Waals surface area contributed by atoms with E-state index in [-0.39, 0.29) is 23.3 Å². The average Bonchev–Trinajstić information content (AvgIpc) is 2.73. The second-order valence-corrected chi connectivity index (χ2v) is 10.7. The molecule has 1 aromatic carbocycles. The lowest BCUT2D eigenvalue weighted by Gasteiger charge is -2.43. The van der Waals surface area contributed by atoms with Crippen molar-refractivity contribution in [2.45, 2.75) is 66.3 Å². The summed E-state index contributed by atoms with van der Waals surface area (Å²) in [6.07, 6.45) is 6.31. The van der Waals surface area contributed by atoms with Gasteiger partial charge in [-0.2, -0.15) is 0 Å². The molecule has 1 aliphatic rings. The minimum atomic E-state index is -0.618. The highest BCUT2D eigenvalue weighted by molar-refractivity contribution is 5.85. The molecular weight excluding hydrogens is 398 g/mol. The molecule has 1 saturated heterocycles. The summed E-state index contributed by atoms with van der Waals surface area (Å²) >= 11 is 0.